The molecule has 15 atom stereocenters. The third kappa shape index (κ3) is 10.6. The SMILES string of the molecule is COC1(C)C[C@H](OC2C(C)C(=O)NC(/C=C/c3c[nH]c4ccccc34)CCN(C(=O)C3CC3)C[C@H](C)CC(C)(O)[C@H](OC3O[C@H](C)C[C@H](N(C)C)[C@H]3O)[C@H]2C)OC(C)[C@@H]1O. The summed E-state index contributed by atoms with van der Waals surface area (Å²) in [6.07, 6.45) is 2.41. The Bertz CT molecular complexity index is 1780. The molecule has 0 radical (unpaired) electrons. The second-order valence-corrected chi connectivity index (χ2v) is 19.1. The number of nitrogens with one attached hydrogen (secondary N) is 2. The molecule has 2 amide bonds. The second-order valence-electron chi connectivity index (χ2n) is 19.1. The molecule has 4 heterocycles. The van der Waals surface area contributed by atoms with Crippen LogP contribution in [0.4, 0.5) is 0 Å². The van der Waals surface area contributed by atoms with Crippen LogP contribution in [0.2, 0.25) is 0 Å². The van der Waals surface area contributed by atoms with Gasteiger partial charge in [-0.3, -0.25) is 9.59 Å². The number of rotatable bonds is 9. The fourth-order valence-corrected chi connectivity index (χ4v) is 9.84. The van der Waals surface area contributed by atoms with Crippen molar-refractivity contribution in [1.82, 2.24) is 20.1 Å². The molecule has 336 valence electrons. The van der Waals surface area contributed by atoms with Crippen molar-refractivity contribution in [2.75, 3.05) is 34.3 Å². The number of fused-ring (bicyclic) bond motifs is 1. The number of amides is 2. The number of aromatic amines is 1. The molecule has 1 aromatic heterocycles. The Hall–Kier alpha value is -2.92. The van der Waals surface area contributed by atoms with Crippen LogP contribution in [-0.4, -0.2) is 149 Å². The lowest BCUT2D eigenvalue weighted by atomic mass is 9.77. The van der Waals surface area contributed by atoms with Gasteiger partial charge < -0.3 is 59.1 Å². The largest absolute Gasteiger partial charge is 0.387 e. The van der Waals surface area contributed by atoms with Crippen molar-refractivity contribution in [2.24, 2.45) is 23.7 Å². The van der Waals surface area contributed by atoms with E-state index in [1.54, 1.807) is 27.9 Å². The molecule has 0 bridgehead atoms. The molecule has 1 aromatic carbocycles. The Kier molecular flexibility index (Phi) is 14.9. The molecule has 3 aliphatic heterocycles. The van der Waals surface area contributed by atoms with E-state index in [1.807, 2.05) is 94.2 Å². The molecule has 1 saturated carbocycles. The van der Waals surface area contributed by atoms with E-state index in [0.717, 1.165) is 29.3 Å². The van der Waals surface area contributed by atoms with Crippen LogP contribution in [0.5, 0.6) is 0 Å². The van der Waals surface area contributed by atoms with Crippen LogP contribution < -0.4 is 5.32 Å². The molecule has 1 aliphatic carbocycles. The number of para-hydroxylation sites is 1. The van der Waals surface area contributed by atoms with E-state index >= 15 is 0 Å². The Morgan fingerprint density at radius 2 is 1.73 bits per heavy atom. The number of aliphatic hydroxyl groups excluding tert-OH is 2. The lowest BCUT2D eigenvalue weighted by Gasteiger charge is -2.49. The van der Waals surface area contributed by atoms with Crippen LogP contribution >= 0.6 is 0 Å². The van der Waals surface area contributed by atoms with Crippen molar-refractivity contribution in [3.63, 3.8) is 0 Å². The molecule has 6 rings (SSSR count). The first-order chi connectivity index (χ1) is 28.3. The zero-order valence-electron chi connectivity index (χ0n) is 37.4. The average Bonchev–Trinajstić information content (AvgIpc) is 3.97. The number of hydrogen-bond acceptors (Lipinski definition) is 11. The molecule has 60 heavy (non-hydrogen) atoms. The predicted octanol–water partition coefficient (Wildman–Crippen LogP) is 4.45. The number of aliphatic hydroxyl groups is 3. The van der Waals surface area contributed by atoms with Crippen molar-refractivity contribution >= 4 is 28.8 Å². The minimum atomic E-state index is -1.55. The highest BCUT2D eigenvalue weighted by Crippen LogP contribution is 2.40. The van der Waals surface area contributed by atoms with Crippen molar-refractivity contribution in [3.8, 4) is 0 Å². The Labute approximate surface area is 356 Å². The number of methoxy groups -OCH3 is 1. The maximum atomic E-state index is 14.7. The highest BCUT2D eigenvalue weighted by atomic mass is 16.7. The van der Waals surface area contributed by atoms with Gasteiger partial charge in [-0.1, -0.05) is 51.1 Å². The smallest absolute Gasteiger partial charge is 0.225 e. The van der Waals surface area contributed by atoms with Gasteiger partial charge in [-0.15, -0.1) is 0 Å². The van der Waals surface area contributed by atoms with Crippen molar-refractivity contribution < 1.29 is 48.6 Å². The fraction of sp³-hybridized carbons (Fsp3) is 0.739. The maximum absolute atomic E-state index is 14.7. The van der Waals surface area contributed by atoms with Crippen molar-refractivity contribution in [2.45, 2.75) is 159 Å². The molecule has 4 fully saturated rings. The Balaban J connectivity index is 1.39. The molecule has 0 spiro atoms. The van der Waals surface area contributed by atoms with Gasteiger partial charge in [0, 0.05) is 67.6 Å². The number of carbonyl (C=O) groups excluding carboxylic acids is 2. The third-order valence-corrected chi connectivity index (χ3v) is 13.6. The highest BCUT2D eigenvalue weighted by Gasteiger charge is 2.51. The lowest BCUT2D eigenvalue weighted by Crippen LogP contribution is -2.61. The summed E-state index contributed by atoms with van der Waals surface area (Å²) < 4.78 is 32.1. The summed E-state index contributed by atoms with van der Waals surface area (Å²) in [5.74, 6) is -1.88. The number of ether oxygens (including phenoxy) is 5. The van der Waals surface area contributed by atoms with Crippen LogP contribution in [0.25, 0.3) is 17.0 Å². The molecule has 7 unspecified atom stereocenters. The van der Waals surface area contributed by atoms with E-state index in [1.165, 1.54) is 0 Å². The summed E-state index contributed by atoms with van der Waals surface area (Å²) in [5.41, 5.74) is -0.551. The average molecular weight is 841 g/mol. The Morgan fingerprint density at radius 1 is 1.02 bits per heavy atom. The van der Waals surface area contributed by atoms with Gasteiger partial charge in [0.15, 0.2) is 12.6 Å². The van der Waals surface area contributed by atoms with Crippen molar-refractivity contribution in [3.05, 3.63) is 42.1 Å². The molecule has 3 saturated heterocycles. The van der Waals surface area contributed by atoms with Gasteiger partial charge in [0.1, 0.15) is 12.2 Å². The zero-order chi connectivity index (χ0) is 43.7. The first-order valence-corrected chi connectivity index (χ1v) is 22.1. The molecule has 14 nitrogen and oxygen atoms in total. The van der Waals surface area contributed by atoms with E-state index in [4.69, 9.17) is 23.7 Å². The first kappa shape index (κ1) is 46.6. The van der Waals surface area contributed by atoms with Crippen molar-refractivity contribution in [1.29, 1.82) is 0 Å². The van der Waals surface area contributed by atoms with Gasteiger partial charge in [-0.2, -0.15) is 0 Å². The van der Waals surface area contributed by atoms with E-state index < -0.39 is 72.2 Å². The van der Waals surface area contributed by atoms with Crippen LogP contribution in [0.15, 0.2) is 36.5 Å². The second kappa shape index (κ2) is 19.2. The minimum absolute atomic E-state index is 0.0113. The normalized spacial score (nSPS) is 40.5. The summed E-state index contributed by atoms with van der Waals surface area (Å²) >= 11 is 0. The summed E-state index contributed by atoms with van der Waals surface area (Å²) in [5, 5.41) is 39.8. The first-order valence-electron chi connectivity index (χ1n) is 22.1. The van der Waals surface area contributed by atoms with Gasteiger partial charge in [0.05, 0.1) is 41.5 Å². The van der Waals surface area contributed by atoms with Gasteiger partial charge in [0.25, 0.3) is 0 Å². The highest BCUT2D eigenvalue weighted by molar-refractivity contribution is 5.89. The predicted molar refractivity (Wildman–Crippen MR) is 228 cm³/mol. The number of aromatic nitrogens is 1. The van der Waals surface area contributed by atoms with Crippen LogP contribution in [-0.2, 0) is 33.3 Å². The summed E-state index contributed by atoms with van der Waals surface area (Å²) in [6, 6.07) is 7.33. The molecular formula is C46H72N4O10. The molecule has 5 N–H and O–H groups in total. The standard InChI is InChI=1S/C46H72N4O10/c1-26-22-45(6,55)41(60-44-38(51)36(49(8)9)21-27(2)57-44)28(3)39(59-37-23-46(7,56-10)40(52)30(5)58-37)29(4)42(53)48-33(19-20-50(25-26)43(54)31-15-16-31)18-17-32-24-47-35-14-12-11-13-34(32)35/h11-14,17-18,24,26-31,33,36-41,44,47,51-52,55H,15-16,19-23,25H2,1-10H3,(H,48,53)/b18-17+/t26-,27-,28+,29?,30?,33?,36+,37+,38-,39?,40+,41-,44?,45?,46?/m1/s1. The Morgan fingerprint density at radius 3 is 2.42 bits per heavy atom. The van der Waals surface area contributed by atoms with E-state index in [9.17, 15) is 24.9 Å². The summed E-state index contributed by atoms with van der Waals surface area (Å²) in [4.78, 5) is 35.7. The fourth-order valence-electron chi connectivity index (χ4n) is 9.84. The number of hydrogen-bond donors (Lipinski definition) is 5. The van der Waals surface area contributed by atoms with Crippen LogP contribution in [0.3, 0.4) is 0 Å². The molecule has 14 heteroatoms. The van der Waals surface area contributed by atoms with E-state index in [0.29, 0.717) is 25.9 Å². The number of H-pyrrole nitrogens is 1. The quantitative estimate of drug-likeness (QED) is 0.241. The van der Waals surface area contributed by atoms with Gasteiger partial charge in [-0.05, 0) is 91.4 Å². The monoisotopic (exact) mass is 841 g/mol. The van der Waals surface area contributed by atoms with E-state index in [2.05, 4.69) is 10.3 Å². The number of benzene rings is 1. The maximum Gasteiger partial charge on any atom is 0.225 e. The zero-order valence-corrected chi connectivity index (χ0v) is 37.4. The lowest BCUT2D eigenvalue weighted by molar-refractivity contribution is -0.317. The van der Waals surface area contributed by atoms with Gasteiger partial charge in [-0.25, -0.2) is 0 Å². The molecule has 4 aliphatic rings. The number of carbonyl (C=O) groups is 2. The summed E-state index contributed by atoms with van der Waals surface area (Å²) in [7, 11) is 5.35. The topological polar surface area (TPSA) is 175 Å². The number of likely N-dealkylation sites (N-methyl/N-ethyl adjacent to an activating group) is 1. The third-order valence-electron chi connectivity index (χ3n) is 13.6. The number of nitrogens with zero attached hydrogens (tertiary/aromatic N) is 2. The van der Waals surface area contributed by atoms with Gasteiger partial charge >= 0.3 is 0 Å². The van der Waals surface area contributed by atoms with Crippen LogP contribution in [0.1, 0.15) is 92.6 Å². The summed E-state index contributed by atoms with van der Waals surface area (Å²) in [6.45, 7) is 13.8. The van der Waals surface area contributed by atoms with Crippen LogP contribution in [0, 0.1) is 23.7 Å². The van der Waals surface area contributed by atoms with E-state index in [-0.39, 0.29) is 48.6 Å². The molecular weight excluding hydrogens is 769 g/mol. The minimum Gasteiger partial charge on any atom is -0.387 e. The molecule has 2 aromatic rings. The van der Waals surface area contributed by atoms with Gasteiger partial charge in [0.2, 0.25) is 11.8 Å².